The zero-order valence-electron chi connectivity index (χ0n) is 12.7. The highest BCUT2D eigenvalue weighted by atomic mass is 15.3. The molecule has 0 aliphatic rings. The summed E-state index contributed by atoms with van der Waals surface area (Å²) in [6, 6.07) is 10.7. The van der Waals surface area contributed by atoms with E-state index < -0.39 is 0 Å². The second kappa shape index (κ2) is 5.69. The number of hydrogen-bond donors (Lipinski definition) is 1. The Morgan fingerprint density at radius 3 is 2.71 bits per heavy atom. The van der Waals surface area contributed by atoms with Crippen LogP contribution in [0.3, 0.4) is 0 Å². The van der Waals surface area contributed by atoms with E-state index in [4.69, 9.17) is 5.10 Å². The van der Waals surface area contributed by atoms with E-state index in [-0.39, 0.29) is 6.04 Å². The first kappa shape index (κ1) is 13.8. The quantitative estimate of drug-likeness (QED) is 0.781. The van der Waals surface area contributed by atoms with Crippen molar-refractivity contribution < 1.29 is 0 Å². The minimum absolute atomic E-state index is 0.209. The van der Waals surface area contributed by atoms with Crippen molar-refractivity contribution in [2.75, 3.05) is 7.05 Å². The van der Waals surface area contributed by atoms with Gasteiger partial charge in [0.1, 0.15) is 0 Å². The van der Waals surface area contributed by atoms with Crippen LogP contribution in [0.2, 0.25) is 0 Å². The normalized spacial score (nSPS) is 12.9. The summed E-state index contributed by atoms with van der Waals surface area (Å²) >= 11 is 0. The third-order valence-corrected chi connectivity index (χ3v) is 4.00. The molecule has 0 aliphatic carbocycles. The summed E-state index contributed by atoms with van der Waals surface area (Å²) in [5.74, 6) is 0. The van der Waals surface area contributed by atoms with Gasteiger partial charge in [-0.15, -0.1) is 0 Å². The molecule has 1 N–H and O–H groups in total. The Kier molecular flexibility index (Phi) is 3.75. The fourth-order valence-electron chi connectivity index (χ4n) is 2.86. The van der Waals surface area contributed by atoms with Crippen LogP contribution in [-0.4, -0.2) is 26.6 Å². The van der Waals surface area contributed by atoms with E-state index in [1.165, 1.54) is 16.6 Å². The number of aromatic nitrogens is 4. The van der Waals surface area contributed by atoms with Crippen LogP contribution >= 0.6 is 0 Å². The number of fused-ring (bicyclic) bond motifs is 1. The van der Waals surface area contributed by atoms with Crippen molar-refractivity contribution in [3.63, 3.8) is 0 Å². The van der Waals surface area contributed by atoms with Crippen molar-refractivity contribution in [1.29, 1.82) is 0 Å². The molecule has 0 bridgehead atoms. The van der Waals surface area contributed by atoms with Crippen LogP contribution in [-0.2, 0) is 20.0 Å². The van der Waals surface area contributed by atoms with Gasteiger partial charge in [-0.3, -0.25) is 9.36 Å². The van der Waals surface area contributed by atoms with E-state index >= 15 is 0 Å². The Balaban J connectivity index is 1.99. The molecule has 0 saturated carbocycles. The van der Waals surface area contributed by atoms with Gasteiger partial charge in [0, 0.05) is 31.6 Å². The van der Waals surface area contributed by atoms with Gasteiger partial charge in [-0.1, -0.05) is 18.2 Å². The summed E-state index contributed by atoms with van der Waals surface area (Å²) in [7, 11) is 3.96. The fraction of sp³-hybridized carbons (Fsp3) is 0.375. The van der Waals surface area contributed by atoms with E-state index in [9.17, 15) is 0 Å². The monoisotopic (exact) mass is 283 g/mol. The van der Waals surface area contributed by atoms with E-state index in [0.717, 1.165) is 18.7 Å². The largest absolute Gasteiger partial charge is 0.311 e. The standard InChI is InChI=1S/C16H21N5/c1-4-21-15-8-6-5-7-12(15)13(19-21)11-14(17-2)16-9-10-18-20(16)3/h5-10,14,17H,4,11H2,1-3H3. The molecule has 3 rings (SSSR count). The number of benzene rings is 1. The third kappa shape index (κ3) is 2.45. The molecule has 5 heteroatoms. The van der Waals surface area contributed by atoms with E-state index in [0.29, 0.717) is 0 Å². The van der Waals surface area contributed by atoms with Crippen LogP contribution in [0, 0.1) is 0 Å². The van der Waals surface area contributed by atoms with Crippen molar-refractivity contribution in [2.24, 2.45) is 7.05 Å². The molecule has 1 unspecified atom stereocenters. The van der Waals surface area contributed by atoms with Gasteiger partial charge in [0.05, 0.1) is 22.9 Å². The second-order valence-corrected chi connectivity index (χ2v) is 5.20. The maximum absolute atomic E-state index is 4.78. The van der Waals surface area contributed by atoms with Crippen molar-refractivity contribution in [1.82, 2.24) is 24.9 Å². The average Bonchev–Trinajstić information content (AvgIpc) is 3.09. The minimum Gasteiger partial charge on any atom is -0.311 e. The maximum Gasteiger partial charge on any atom is 0.0722 e. The van der Waals surface area contributed by atoms with E-state index in [2.05, 4.69) is 52.4 Å². The lowest BCUT2D eigenvalue weighted by molar-refractivity contribution is 0.527. The molecule has 2 aromatic heterocycles. The van der Waals surface area contributed by atoms with Gasteiger partial charge in [-0.25, -0.2) is 0 Å². The first-order chi connectivity index (χ1) is 10.2. The van der Waals surface area contributed by atoms with Crippen LogP contribution in [0.4, 0.5) is 0 Å². The highest BCUT2D eigenvalue weighted by molar-refractivity contribution is 5.82. The highest BCUT2D eigenvalue weighted by Gasteiger charge is 2.18. The Hall–Kier alpha value is -2.14. The van der Waals surface area contributed by atoms with E-state index in [1.54, 1.807) is 0 Å². The molecule has 0 amide bonds. The number of nitrogens with zero attached hydrogens (tertiary/aromatic N) is 4. The lowest BCUT2D eigenvalue weighted by Crippen LogP contribution is -2.22. The number of para-hydroxylation sites is 1. The number of likely N-dealkylation sites (N-methyl/N-ethyl adjacent to an activating group) is 1. The average molecular weight is 283 g/mol. The van der Waals surface area contributed by atoms with Gasteiger partial charge in [0.2, 0.25) is 0 Å². The SMILES string of the molecule is CCn1nc(CC(NC)c2ccnn2C)c2ccccc21. The molecule has 1 atom stereocenters. The fourth-order valence-corrected chi connectivity index (χ4v) is 2.86. The molecule has 21 heavy (non-hydrogen) atoms. The van der Waals surface area contributed by atoms with Crippen molar-refractivity contribution in [3.05, 3.63) is 47.9 Å². The van der Waals surface area contributed by atoms with Crippen molar-refractivity contribution in [2.45, 2.75) is 25.9 Å². The molecule has 5 nitrogen and oxygen atoms in total. The number of nitrogens with one attached hydrogen (secondary N) is 1. The smallest absolute Gasteiger partial charge is 0.0722 e. The zero-order chi connectivity index (χ0) is 14.8. The Bertz CT molecular complexity index is 740. The molecule has 0 saturated heterocycles. The van der Waals surface area contributed by atoms with E-state index in [1.807, 2.05) is 25.0 Å². The minimum atomic E-state index is 0.209. The predicted octanol–water partition coefficient (Wildman–Crippen LogP) is 2.29. The Morgan fingerprint density at radius 1 is 1.24 bits per heavy atom. The maximum atomic E-state index is 4.78. The lowest BCUT2D eigenvalue weighted by atomic mass is 10.1. The van der Waals surface area contributed by atoms with Crippen LogP contribution in [0.1, 0.15) is 24.4 Å². The topological polar surface area (TPSA) is 47.7 Å². The Morgan fingerprint density at radius 2 is 2.05 bits per heavy atom. The summed E-state index contributed by atoms with van der Waals surface area (Å²) in [6.45, 7) is 3.01. The highest BCUT2D eigenvalue weighted by Crippen LogP contribution is 2.23. The van der Waals surface area contributed by atoms with Gasteiger partial charge in [0.15, 0.2) is 0 Å². The molecule has 0 aliphatic heterocycles. The number of hydrogen-bond acceptors (Lipinski definition) is 3. The van der Waals surface area contributed by atoms with Crippen LogP contribution in [0.5, 0.6) is 0 Å². The van der Waals surface area contributed by atoms with Crippen LogP contribution in [0.25, 0.3) is 10.9 Å². The summed E-state index contributed by atoms with van der Waals surface area (Å²) in [4.78, 5) is 0. The molecule has 3 aromatic rings. The summed E-state index contributed by atoms with van der Waals surface area (Å²) in [5.41, 5.74) is 3.51. The van der Waals surface area contributed by atoms with Gasteiger partial charge in [-0.05, 0) is 26.1 Å². The lowest BCUT2D eigenvalue weighted by Gasteiger charge is -2.15. The van der Waals surface area contributed by atoms with Gasteiger partial charge < -0.3 is 5.32 Å². The number of rotatable bonds is 5. The molecular formula is C16H21N5. The van der Waals surface area contributed by atoms with Crippen molar-refractivity contribution in [3.8, 4) is 0 Å². The molecule has 0 radical (unpaired) electrons. The van der Waals surface area contributed by atoms with Crippen molar-refractivity contribution >= 4 is 10.9 Å². The number of aryl methyl sites for hydroxylation is 2. The molecule has 0 spiro atoms. The molecule has 0 fully saturated rings. The van der Waals surface area contributed by atoms with Gasteiger partial charge in [-0.2, -0.15) is 10.2 Å². The molecule has 1 aromatic carbocycles. The first-order valence-electron chi connectivity index (χ1n) is 7.34. The summed E-state index contributed by atoms with van der Waals surface area (Å²) in [6.07, 6.45) is 2.69. The second-order valence-electron chi connectivity index (χ2n) is 5.20. The van der Waals surface area contributed by atoms with Crippen LogP contribution < -0.4 is 5.32 Å². The first-order valence-corrected chi connectivity index (χ1v) is 7.34. The molecule has 110 valence electrons. The molecule has 2 heterocycles. The summed E-state index contributed by atoms with van der Waals surface area (Å²) < 4.78 is 3.99. The van der Waals surface area contributed by atoms with Gasteiger partial charge in [0.25, 0.3) is 0 Å². The van der Waals surface area contributed by atoms with Gasteiger partial charge >= 0.3 is 0 Å². The third-order valence-electron chi connectivity index (χ3n) is 4.00. The predicted molar refractivity (Wildman–Crippen MR) is 84.1 cm³/mol. The van der Waals surface area contributed by atoms with Crippen LogP contribution in [0.15, 0.2) is 36.5 Å². The Labute approximate surface area is 124 Å². The molecular weight excluding hydrogens is 262 g/mol. The summed E-state index contributed by atoms with van der Waals surface area (Å²) in [5, 5.41) is 13.7. The zero-order valence-corrected chi connectivity index (χ0v) is 12.7.